The molecule has 0 aliphatic rings. The van der Waals surface area contributed by atoms with E-state index in [2.05, 4.69) is 10.1 Å². The number of benzene rings is 1. The number of hydrogen-bond acceptors (Lipinski definition) is 3. The van der Waals surface area contributed by atoms with Crippen LogP contribution in [0.15, 0.2) is 42.5 Å². The zero-order valence-corrected chi connectivity index (χ0v) is 9.46. The summed E-state index contributed by atoms with van der Waals surface area (Å²) in [6.07, 6.45) is 0. The van der Waals surface area contributed by atoms with Gasteiger partial charge in [-0.15, -0.1) is 0 Å². The zero-order valence-electron chi connectivity index (χ0n) is 9.46. The third-order valence-corrected chi connectivity index (χ3v) is 2.65. The molecule has 0 radical (unpaired) electrons. The highest BCUT2D eigenvalue weighted by Crippen LogP contribution is 2.21. The molecule has 0 amide bonds. The molecule has 2 N–H and O–H groups in total. The summed E-state index contributed by atoms with van der Waals surface area (Å²) in [7, 11) is 0. The van der Waals surface area contributed by atoms with Crippen LogP contribution in [-0.2, 0) is 0 Å². The highest BCUT2D eigenvalue weighted by Gasteiger charge is 2.06. The largest absolute Gasteiger partial charge is 0.399 e. The smallest absolute Gasteiger partial charge is 0.156 e. The van der Waals surface area contributed by atoms with Gasteiger partial charge in [-0.2, -0.15) is 5.10 Å². The number of hydrogen-bond donors (Lipinski definition) is 1. The number of nitrogens with zero attached hydrogens (tertiary/aromatic N) is 3. The molecule has 0 spiro atoms. The van der Waals surface area contributed by atoms with Crippen molar-refractivity contribution in [3.05, 3.63) is 48.3 Å². The van der Waals surface area contributed by atoms with Crippen molar-refractivity contribution >= 4 is 11.3 Å². The minimum absolute atomic E-state index is 0.747. The number of anilines is 1. The average molecular weight is 224 g/mol. The van der Waals surface area contributed by atoms with Crippen LogP contribution in [0.1, 0.15) is 5.82 Å². The van der Waals surface area contributed by atoms with Crippen LogP contribution in [-0.4, -0.2) is 14.6 Å². The van der Waals surface area contributed by atoms with Crippen LogP contribution in [0.5, 0.6) is 0 Å². The summed E-state index contributed by atoms with van der Waals surface area (Å²) in [6.45, 7) is 1.89. The van der Waals surface area contributed by atoms with E-state index in [-0.39, 0.29) is 0 Å². The Kier molecular flexibility index (Phi) is 2.08. The van der Waals surface area contributed by atoms with Crippen molar-refractivity contribution in [3.63, 3.8) is 0 Å². The lowest BCUT2D eigenvalue weighted by Gasteiger charge is -2.04. The van der Waals surface area contributed by atoms with Gasteiger partial charge in [0.05, 0.1) is 5.69 Å². The number of aryl methyl sites for hydroxylation is 1. The molecule has 17 heavy (non-hydrogen) atoms. The van der Waals surface area contributed by atoms with Gasteiger partial charge in [0.2, 0.25) is 0 Å². The molecule has 3 aromatic rings. The second-order valence-corrected chi connectivity index (χ2v) is 3.97. The van der Waals surface area contributed by atoms with Crippen molar-refractivity contribution in [1.29, 1.82) is 0 Å². The van der Waals surface area contributed by atoms with E-state index in [0.717, 1.165) is 28.4 Å². The third kappa shape index (κ3) is 1.63. The Balaban J connectivity index is 2.30. The van der Waals surface area contributed by atoms with Crippen LogP contribution in [0, 0.1) is 6.92 Å². The Morgan fingerprint density at radius 2 is 1.94 bits per heavy atom. The summed E-state index contributed by atoms with van der Waals surface area (Å²) in [5.74, 6) is 0.765. The van der Waals surface area contributed by atoms with Crippen molar-refractivity contribution in [1.82, 2.24) is 14.6 Å². The molecule has 0 unspecified atom stereocenters. The van der Waals surface area contributed by atoms with Crippen molar-refractivity contribution in [2.45, 2.75) is 6.92 Å². The first-order valence-corrected chi connectivity index (χ1v) is 5.42. The van der Waals surface area contributed by atoms with E-state index in [4.69, 9.17) is 5.73 Å². The van der Waals surface area contributed by atoms with E-state index in [9.17, 15) is 0 Å². The maximum absolute atomic E-state index is 5.80. The lowest BCUT2D eigenvalue weighted by Crippen LogP contribution is -1.94. The van der Waals surface area contributed by atoms with E-state index in [1.807, 2.05) is 53.9 Å². The van der Waals surface area contributed by atoms with E-state index in [1.165, 1.54) is 0 Å². The van der Waals surface area contributed by atoms with Crippen LogP contribution in [0.2, 0.25) is 0 Å². The predicted octanol–water partition coefficient (Wildman–Crippen LogP) is 2.29. The molecule has 3 rings (SSSR count). The van der Waals surface area contributed by atoms with E-state index in [0.29, 0.717) is 0 Å². The fraction of sp³-hybridized carbons (Fsp3) is 0.0769. The van der Waals surface area contributed by atoms with Gasteiger partial charge in [0.15, 0.2) is 5.65 Å². The van der Waals surface area contributed by atoms with Gasteiger partial charge in [-0.25, -0.2) is 9.50 Å². The summed E-state index contributed by atoms with van der Waals surface area (Å²) in [5.41, 5.74) is 9.43. The van der Waals surface area contributed by atoms with E-state index in [1.54, 1.807) is 0 Å². The molecule has 84 valence electrons. The molecule has 0 bridgehead atoms. The van der Waals surface area contributed by atoms with Crippen LogP contribution >= 0.6 is 0 Å². The highest BCUT2D eigenvalue weighted by molar-refractivity contribution is 5.66. The molecule has 4 nitrogen and oxygen atoms in total. The molecule has 0 saturated heterocycles. The molecule has 1 aromatic carbocycles. The van der Waals surface area contributed by atoms with Crippen LogP contribution < -0.4 is 5.73 Å². The maximum Gasteiger partial charge on any atom is 0.156 e. The van der Waals surface area contributed by atoms with Gasteiger partial charge in [0.1, 0.15) is 5.82 Å². The Bertz CT molecular complexity index is 685. The van der Waals surface area contributed by atoms with Gasteiger partial charge in [-0.3, -0.25) is 0 Å². The first-order valence-electron chi connectivity index (χ1n) is 5.42. The Hall–Kier alpha value is -2.36. The van der Waals surface area contributed by atoms with Crippen LogP contribution in [0.4, 0.5) is 5.69 Å². The topological polar surface area (TPSA) is 56.2 Å². The van der Waals surface area contributed by atoms with Gasteiger partial charge < -0.3 is 5.73 Å². The minimum Gasteiger partial charge on any atom is -0.399 e. The van der Waals surface area contributed by atoms with Crippen molar-refractivity contribution in [2.24, 2.45) is 0 Å². The molecule has 4 heteroatoms. The van der Waals surface area contributed by atoms with Gasteiger partial charge in [0.25, 0.3) is 0 Å². The second kappa shape index (κ2) is 3.59. The maximum atomic E-state index is 5.80. The molecule has 0 aliphatic heterocycles. The lowest BCUT2D eigenvalue weighted by molar-refractivity contribution is 0.938. The number of pyridine rings is 1. The van der Waals surface area contributed by atoms with Gasteiger partial charge in [0, 0.05) is 11.3 Å². The molecule has 0 fully saturated rings. The minimum atomic E-state index is 0.747. The van der Waals surface area contributed by atoms with Gasteiger partial charge in [-0.1, -0.05) is 18.2 Å². The molecule has 0 saturated carbocycles. The second-order valence-electron chi connectivity index (χ2n) is 3.97. The molecular formula is C13H12N4. The van der Waals surface area contributed by atoms with Gasteiger partial charge in [-0.05, 0) is 31.2 Å². The fourth-order valence-corrected chi connectivity index (χ4v) is 1.93. The molecule has 2 aromatic heterocycles. The summed E-state index contributed by atoms with van der Waals surface area (Å²) in [5, 5.41) is 4.38. The normalized spacial score (nSPS) is 10.9. The summed E-state index contributed by atoms with van der Waals surface area (Å²) in [4.78, 5) is 4.34. The third-order valence-electron chi connectivity index (χ3n) is 2.65. The van der Waals surface area contributed by atoms with Crippen LogP contribution in [0.3, 0.4) is 0 Å². The summed E-state index contributed by atoms with van der Waals surface area (Å²) >= 11 is 0. The highest BCUT2D eigenvalue weighted by atomic mass is 15.3. The summed E-state index contributed by atoms with van der Waals surface area (Å²) in [6, 6.07) is 13.7. The number of rotatable bonds is 1. The number of nitrogens with two attached hydrogens (primary N) is 1. The first kappa shape index (κ1) is 9.84. The summed E-state index contributed by atoms with van der Waals surface area (Å²) < 4.78 is 1.84. The van der Waals surface area contributed by atoms with E-state index >= 15 is 0 Å². The van der Waals surface area contributed by atoms with E-state index < -0.39 is 0 Å². The van der Waals surface area contributed by atoms with Crippen molar-refractivity contribution < 1.29 is 0 Å². The monoisotopic (exact) mass is 224 g/mol. The Morgan fingerprint density at radius 3 is 2.76 bits per heavy atom. The number of aromatic nitrogens is 3. The molecule has 2 heterocycles. The zero-order chi connectivity index (χ0) is 11.8. The number of fused-ring (bicyclic) bond motifs is 1. The van der Waals surface area contributed by atoms with Crippen molar-refractivity contribution in [2.75, 3.05) is 5.73 Å². The first-order chi connectivity index (χ1) is 8.24. The standard InChI is InChI=1S/C13H12N4/c1-9-15-13-7-3-6-12(17(13)16-9)10-4-2-5-11(14)8-10/h2-8H,14H2,1H3. The predicted molar refractivity (Wildman–Crippen MR) is 67.6 cm³/mol. The molecule has 0 aliphatic carbocycles. The van der Waals surface area contributed by atoms with Crippen LogP contribution in [0.25, 0.3) is 16.9 Å². The SMILES string of the molecule is Cc1nc2cccc(-c3cccc(N)c3)n2n1. The molecular weight excluding hydrogens is 212 g/mol. The fourth-order valence-electron chi connectivity index (χ4n) is 1.93. The molecule has 0 atom stereocenters. The average Bonchev–Trinajstić information content (AvgIpc) is 2.68. The van der Waals surface area contributed by atoms with Crippen molar-refractivity contribution in [3.8, 4) is 11.3 Å². The number of nitrogen functional groups attached to an aromatic ring is 1. The lowest BCUT2D eigenvalue weighted by atomic mass is 10.1. The Labute approximate surface area is 98.7 Å². The quantitative estimate of drug-likeness (QED) is 0.645. The Morgan fingerprint density at radius 1 is 1.12 bits per heavy atom. The van der Waals surface area contributed by atoms with Gasteiger partial charge >= 0.3 is 0 Å².